The van der Waals surface area contributed by atoms with E-state index in [4.69, 9.17) is 12.2 Å². The van der Waals surface area contributed by atoms with Gasteiger partial charge in [0.15, 0.2) is 5.11 Å². The van der Waals surface area contributed by atoms with Gasteiger partial charge in [0.25, 0.3) is 0 Å². The van der Waals surface area contributed by atoms with Gasteiger partial charge in [0, 0.05) is 26.0 Å². The van der Waals surface area contributed by atoms with Crippen LogP contribution < -0.4 is 10.6 Å². The van der Waals surface area contributed by atoms with Crippen LogP contribution in [0.1, 0.15) is 5.56 Å². The van der Waals surface area contributed by atoms with Crippen LogP contribution in [-0.2, 0) is 10.0 Å². The second-order valence-corrected chi connectivity index (χ2v) is 7.68. The summed E-state index contributed by atoms with van der Waals surface area (Å²) in [5, 5.41) is 6.24. The number of nitrogens with zero attached hydrogens (tertiary/aromatic N) is 2. The second-order valence-electron chi connectivity index (χ2n) is 5.12. The summed E-state index contributed by atoms with van der Waals surface area (Å²) in [6.45, 7) is 1.95. The Balaban J connectivity index is 2.11. The Morgan fingerprint density at radius 3 is 2.52 bits per heavy atom. The van der Waals surface area contributed by atoms with Crippen LogP contribution in [0.5, 0.6) is 0 Å². The van der Waals surface area contributed by atoms with E-state index in [0.29, 0.717) is 16.6 Å². The first-order chi connectivity index (χ1) is 10.8. The van der Waals surface area contributed by atoms with Gasteiger partial charge in [-0.25, -0.2) is 17.7 Å². The smallest absolute Gasteiger partial charge is 0.242 e. The van der Waals surface area contributed by atoms with E-state index in [1.165, 1.54) is 24.5 Å². The summed E-state index contributed by atoms with van der Waals surface area (Å²) in [5.74, 6) is 0.616. The van der Waals surface area contributed by atoms with Crippen molar-refractivity contribution in [2.24, 2.45) is 0 Å². The monoisotopic (exact) mass is 350 g/mol. The highest BCUT2D eigenvalue weighted by Crippen LogP contribution is 2.18. The number of hydrogen-bond acceptors (Lipinski definition) is 4. The van der Waals surface area contributed by atoms with E-state index in [-0.39, 0.29) is 4.90 Å². The van der Waals surface area contributed by atoms with Crippen molar-refractivity contribution >= 4 is 38.9 Å². The third kappa shape index (κ3) is 4.47. The van der Waals surface area contributed by atoms with Crippen molar-refractivity contribution < 1.29 is 8.42 Å². The summed E-state index contributed by atoms with van der Waals surface area (Å²) in [6.07, 6.45) is 1.73. The summed E-state index contributed by atoms with van der Waals surface area (Å²) in [7, 11) is -0.500. The lowest BCUT2D eigenvalue weighted by Gasteiger charge is -2.14. The van der Waals surface area contributed by atoms with Crippen molar-refractivity contribution in [3.63, 3.8) is 0 Å². The summed E-state index contributed by atoms with van der Waals surface area (Å²) in [6, 6.07) is 10.2. The van der Waals surface area contributed by atoms with Crippen molar-refractivity contribution in [1.29, 1.82) is 0 Å². The molecule has 0 radical (unpaired) electrons. The lowest BCUT2D eigenvalue weighted by Crippen LogP contribution is -2.23. The Labute approximate surface area is 141 Å². The molecule has 8 heteroatoms. The Morgan fingerprint density at radius 2 is 1.91 bits per heavy atom. The number of pyridine rings is 1. The molecule has 0 aliphatic heterocycles. The van der Waals surface area contributed by atoms with E-state index in [0.717, 1.165) is 5.56 Å². The number of rotatable bonds is 4. The van der Waals surface area contributed by atoms with E-state index < -0.39 is 10.0 Å². The third-order valence-corrected chi connectivity index (χ3v) is 5.04. The maximum Gasteiger partial charge on any atom is 0.242 e. The van der Waals surface area contributed by atoms with E-state index in [1.54, 1.807) is 24.4 Å². The lowest BCUT2D eigenvalue weighted by molar-refractivity contribution is 0.521. The molecule has 0 fully saturated rings. The predicted molar refractivity (Wildman–Crippen MR) is 96.1 cm³/mol. The Morgan fingerprint density at radius 1 is 1.17 bits per heavy atom. The number of aryl methyl sites for hydroxylation is 1. The zero-order valence-electron chi connectivity index (χ0n) is 13.1. The minimum Gasteiger partial charge on any atom is -0.332 e. The van der Waals surface area contributed by atoms with Crippen LogP contribution in [0, 0.1) is 6.92 Å². The van der Waals surface area contributed by atoms with Gasteiger partial charge in [0.1, 0.15) is 5.82 Å². The average molecular weight is 350 g/mol. The molecule has 0 spiro atoms. The zero-order valence-corrected chi connectivity index (χ0v) is 14.7. The average Bonchev–Trinajstić information content (AvgIpc) is 2.49. The molecular weight excluding hydrogens is 332 g/mol. The molecular formula is C15H18N4O2S2. The largest absolute Gasteiger partial charge is 0.332 e. The Hall–Kier alpha value is -2.03. The first kappa shape index (κ1) is 17.3. The van der Waals surface area contributed by atoms with Crippen LogP contribution in [0.25, 0.3) is 0 Å². The maximum atomic E-state index is 12.1. The van der Waals surface area contributed by atoms with Gasteiger partial charge in [-0.2, -0.15) is 0 Å². The molecule has 0 aliphatic rings. The van der Waals surface area contributed by atoms with Crippen molar-refractivity contribution in [2.75, 3.05) is 24.7 Å². The number of benzene rings is 1. The van der Waals surface area contributed by atoms with Gasteiger partial charge >= 0.3 is 0 Å². The van der Waals surface area contributed by atoms with Crippen LogP contribution in [0.4, 0.5) is 11.5 Å². The molecule has 2 N–H and O–H groups in total. The molecule has 1 aromatic heterocycles. The van der Waals surface area contributed by atoms with Crippen LogP contribution in [0.15, 0.2) is 47.5 Å². The standard InChI is InChI=1S/C15H18N4O2S2/c1-11-7-8-14(16-10-11)18-15(22)17-12-5-4-6-13(9-12)23(20,21)19(2)3/h4-10H,1-3H3,(H2,16,17,18,22). The van der Waals surface area contributed by atoms with Crippen molar-refractivity contribution in [3.05, 3.63) is 48.2 Å². The lowest BCUT2D eigenvalue weighted by atomic mass is 10.3. The summed E-state index contributed by atoms with van der Waals surface area (Å²) in [4.78, 5) is 4.40. The van der Waals surface area contributed by atoms with E-state index in [2.05, 4.69) is 15.6 Å². The molecule has 2 aromatic rings. The molecule has 122 valence electrons. The van der Waals surface area contributed by atoms with Gasteiger partial charge in [0.2, 0.25) is 10.0 Å². The molecule has 0 atom stereocenters. The molecule has 6 nitrogen and oxygen atoms in total. The second kappa shape index (κ2) is 7.03. The summed E-state index contributed by atoms with van der Waals surface area (Å²) < 4.78 is 25.4. The van der Waals surface area contributed by atoms with E-state index in [1.807, 2.05) is 19.1 Å². The quantitative estimate of drug-likeness (QED) is 0.825. The van der Waals surface area contributed by atoms with Crippen LogP contribution in [0.3, 0.4) is 0 Å². The van der Waals surface area contributed by atoms with Crippen LogP contribution in [0.2, 0.25) is 0 Å². The molecule has 23 heavy (non-hydrogen) atoms. The number of anilines is 2. The van der Waals surface area contributed by atoms with Crippen molar-refractivity contribution in [2.45, 2.75) is 11.8 Å². The normalized spacial score (nSPS) is 11.3. The van der Waals surface area contributed by atoms with E-state index in [9.17, 15) is 8.42 Å². The molecule has 1 aromatic carbocycles. The fourth-order valence-corrected chi connectivity index (χ4v) is 2.94. The minimum atomic E-state index is -3.48. The molecule has 2 rings (SSSR count). The maximum absolute atomic E-state index is 12.1. The summed E-state index contributed by atoms with van der Waals surface area (Å²) in [5.41, 5.74) is 1.63. The molecule has 0 bridgehead atoms. The molecule has 0 unspecified atom stereocenters. The first-order valence-corrected chi connectivity index (χ1v) is 8.67. The number of sulfonamides is 1. The molecule has 0 saturated carbocycles. The zero-order chi connectivity index (χ0) is 17.0. The van der Waals surface area contributed by atoms with Crippen LogP contribution in [-0.4, -0.2) is 36.9 Å². The van der Waals surface area contributed by atoms with Gasteiger partial charge in [-0.3, -0.25) is 0 Å². The molecule has 1 heterocycles. The number of hydrogen-bond donors (Lipinski definition) is 2. The van der Waals surface area contributed by atoms with Crippen LogP contribution >= 0.6 is 12.2 Å². The van der Waals surface area contributed by atoms with Gasteiger partial charge in [-0.05, 0) is 49.0 Å². The van der Waals surface area contributed by atoms with Crippen molar-refractivity contribution in [3.8, 4) is 0 Å². The highest BCUT2D eigenvalue weighted by Gasteiger charge is 2.17. The van der Waals surface area contributed by atoms with Gasteiger partial charge < -0.3 is 10.6 Å². The van der Waals surface area contributed by atoms with Gasteiger partial charge in [-0.15, -0.1) is 0 Å². The highest BCUT2D eigenvalue weighted by molar-refractivity contribution is 7.89. The van der Waals surface area contributed by atoms with Gasteiger partial charge in [-0.1, -0.05) is 12.1 Å². The molecule has 0 amide bonds. The molecule has 0 aliphatic carbocycles. The van der Waals surface area contributed by atoms with Crippen molar-refractivity contribution in [1.82, 2.24) is 9.29 Å². The number of aromatic nitrogens is 1. The van der Waals surface area contributed by atoms with Gasteiger partial charge in [0.05, 0.1) is 4.90 Å². The summed E-state index contributed by atoms with van der Waals surface area (Å²) >= 11 is 5.22. The fourth-order valence-electron chi connectivity index (χ4n) is 1.77. The topological polar surface area (TPSA) is 74.3 Å². The highest BCUT2D eigenvalue weighted by atomic mass is 32.2. The Kier molecular flexibility index (Phi) is 5.30. The predicted octanol–water partition coefficient (Wildman–Crippen LogP) is 2.45. The van der Waals surface area contributed by atoms with E-state index >= 15 is 0 Å². The minimum absolute atomic E-state index is 0.198. The Bertz CT molecular complexity index is 802. The number of nitrogens with one attached hydrogen (secondary N) is 2. The molecule has 0 saturated heterocycles. The fraction of sp³-hybridized carbons (Fsp3) is 0.200. The third-order valence-electron chi connectivity index (χ3n) is 3.02. The number of thiocarbonyl (C=S) groups is 1. The first-order valence-electron chi connectivity index (χ1n) is 6.82. The SMILES string of the molecule is Cc1ccc(NC(=S)Nc2cccc(S(=O)(=O)N(C)C)c2)nc1.